The van der Waals surface area contributed by atoms with Crippen molar-refractivity contribution < 1.29 is 14.8 Å². The Hall–Kier alpha value is -2.37. The topological polar surface area (TPSA) is 92.5 Å². The number of anilines is 1. The lowest BCUT2D eigenvalue weighted by molar-refractivity contribution is -0.402. The minimum absolute atomic E-state index is 0.120. The summed E-state index contributed by atoms with van der Waals surface area (Å²) >= 11 is 0. The molecule has 6 nitrogen and oxygen atoms in total. The molecular formula is C9H8N2O4. The highest BCUT2D eigenvalue weighted by atomic mass is 16.6. The molecule has 0 aromatic heterocycles. The molecule has 1 rings (SSSR count). The molecule has 0 fully saturated rings. The second-order valence-corrected chi connectivity index (χ2v) is 2.63. The SMILES string of the molecule is O=C(O)c1cccc(N/C=C/[N+](=O)[O-])c1. The van der Waals surface area contributed by atoms with E-state index in [1.165, 1.54) is 12.1 Å². The van der Waals surface area contributed by atoms with Crippen molar-refractivity contribution in [3.8, 4) is 0 Å². The number of nitro groups is 1. The number of carboxylic acid groups (broad SMARTS) is 1. The van der Waals surface area contributed by atoms with Crippen LogP contribution >= 0.6 is 0 Å². The molecule has 0 heterocycles. The van der Waals surface area contributed by atoms with Gasteiger partial charge in [0.1, 0.15) is 0 Å². The second-order valence-electron chi connectivity index (χ2n) is 2.63. The van der Waals surface area contributed by atoms with Crippen molar-refractivity contribution in [1.82, 2.24) is 0 Å². The van der Waals surface area contributed by atoms with Crippen LogP contribution in [0.4, 0.5) is 5.69 Å². The maximum absolute atomic E-state index is 10.6. The van der Waals surface area contributed by atoms with Crippen LogP contribution in [0.3, 0.4) is 0 Å². The van der Waals surface area contributed by atoms with Gasteiger partial charge in [-0.2, -0.15) is 0 Å². The molecule has 6 heteroatoms. The first-order valence-electron chi connectivity index (χ1n) is 3.99. The molecule has 0 bridgehead atoms. The van der Waals surface area contributed by atoms with E-state index in [0.29, 0.717) is 5.69 Å². The lowest BCUT2D eigenvalue weighted by Crippen LogP contribution is -1.97. The van der Waals surface area contributed by atoms with Gasteiger partial charge in [0.2, 0.25) is 6.20 Å². The predicted molar refractivity (Wildman–Crippen MR) is 53.2 cm³/mol. The molecule has 0 atom stereocenters. The molecule has 0 saturated carbocycles. The highest BCUT2D eigenvalue weighted by molar-refractivity contribution is 5.88. The van der Waals surface area contributed by atoms with Crippen molar-refractivity contribution in [2.24, 2.45) is 0 Å². The lowest BCUT2D eigenvalue weighted by atomic mass is 10.2. The smallest absolute Gasteiger partial charge is 0.335 e. The van der Waals surface area contributed by atoms with Crippen LogP contribution in [0.15, 0.2) is 36.7 Å². The first kappa shape index (κ1) is 10.7. The van der Waals surface area contributed by atoms with Crippen LogP contribution < -0.4 is 5.32 Å². The monoisotopic (exact) mass is 208 g/mol. The maximum Gasteiger partial charge on any atom is 0.335 e. The Balaban J connectivity index is 2.74. The fourth-order valence-electron chi connectivity index (χ4n) is 0.936. The van der Waals surface area contributed by atoms with Gasteiger partial charge >= 0.3 is 5.97 Å². The standard InChI is InChI=1S/C9H8N2O4/c12-9(13)7-2-1-3-8(6-7)10-4-5-11(14)15/h1-6,10H,(H,12,13)/b5-4+. The van der Waals surface area contributed by atoms with Crippen LogP contribution in [-0.2, 0) is 0 Å². The molecule has 0 aliphatic carbocycles. The van der Waals surface area contributed by atoms with Crippen molar-refractivity contribution in [3.05, 3.63) is 52.3 Å². The summed E-state index contributed by atoms with van der Waals surface area (Å²) in [6.45, 7) is 0. The van der Waals surface area contributed by atoms with Crippen LogP contribution in [0.2, 0.25) is 0 Å². The Morgan fingerprint density at radius 2 is 2.27 bits per heavy atom. The third kappa shape index (κ3) is 3.47. The molecule has 0 spiro atoms. The summed E-state index contributed by atoms with van der Waals surface area (Å²) in [7, 11) is 0. The molecular weight excluding hydrogens is 200 g/mol. The molecule has 1 aromatic carbocycles. The van der Waals surface area contributed by atoms with Crippen LogP contribution in [0.5, 0.6) is 0 Å². The van der Waals surface area contributed by atoms with Crippen molar-refractivity contribution in [2.45, 2.75) is 0 Å². The Morgan fingerprint density at radius 3 is 2.87 bits per heavy atom. The lowest BCUT2D eigenvalue weighted by Gasteiger charge is -2.00. The number of rotatable bonds is 4. The van der Waals surface area contributed by atoms with Crippen LogP contribution in [0.25, 0.3) is 0 Å². The molecule has 0 unspecified atom stereocenters. The van der Waals surface area contributed by atoms with Gasteiger partial charge in [-0.25, -0.2) is 4.79 Å². The molecule has 15 heavy (non-hydrogen) atoms. The summed E-state index contributed by atoms with van der Waals surface area (Å²) < 4.78 is 0. The second kappa shape index (κ2) is 4.75. The normalized spacial score (nSPS) is 10.1. The van der Waals surface area contributed by atoms with Gasteiger partial charge in [0.15, 0.2) is 0 Å². The number of aromatic carboxylic acids is 1. The quantitative estimate of drug-likeness (QED) is 0.578. The fraction of sp³-hybridized carbons (Fsp3) is 0. The number of nitrogens with one attached hydrogen (secondary N) is 1. The molecule has 0 aliphatic heterocycles. The van der Waals surface area contributed by atoms with Gasteiger partial charge in [0.25, 0.3) is 0 Å². The van der Waals surface area contributed by atoms with Crippen molar-refractivity contribution >= 4 is 11.7 Å². The average molecular weight is 208 g/mol. The molecule has 78 valence electrons. The molecule has 1 aromatic rings. The summed E-state index contributed by atoms with van der Waals surface area (Å²) in [5.41, 5.74) is 0.600. The highest BCUT2D eigenvalue weighted by Crippen LogP contribution is 2.10. The Kier molecular flexibility index (Phi) is 3.39. The minimum atomic E-state index is -1.04. The summed E-state index contributed by atoms with van der Waals surface area (Å²) in [5, 5.41) is 21.2. The van der Waals surface area contributed by atoms with Gasteiger partial charge in [-0.1, -0.05) is 6.07 Å². The first-order valence-corrected chi connectivity index (χ1v) is 3.99. The molecule has 0 amide bonds. The Bertz CT molecular complexity index is 414. The number of hydrogen-bond acceptors (Lipinski definition) is 4. The summed E-state index contributed by atoms with van der Waals surface area (Å²) in [6, 6.07) is 5.97. The van der Waals surface area contributed by atoms with Crippen molar-refractivity contribution in [3.63, 3.8) is 0 Å². The zero-order valence-electron chi connectivity index (χ0n) is 7.58. The van der Waals surface area contributed by atoms with E-state index >= 15 is 0 Å². The van der Waals surface area contributed by atoms with Crippen LogP contribution in [0.1, 0.15) is 10.4 Å². The third-order valence-corrected chi connectivity index (χ3v) is 1.56. The Labute approximate surface area is 85.0 Å². The third-order valence-electron chi connectivity index (χ3n) is 1.56. The first-order chi connectivity index (χ1) is 7.09. The summed E-state index contributed by atoms with van der Waals surface area (Å²) in [6.07, 6.45) is 1.86. The van der Waals surface area contributed by atoms with Crippen LogP contribution in [-0.4, -0.2) is 16.0 Å². The number of benzene rings is 1. The van der Waals surface area contributed by atoms with Gasteiger partial charge in [-0.15, -0.1) is 0 Å². The van der Waals surface area contributed by atoms with Gasteiger partial charge < -0.3 is 10.4 Å². The number of nitrogens with zero attached hydrogens (tertiary/aromatic N) is 1. The van der Waals surface area contributed by atoms with E-state index in [1.807, 2.05) is 0 Å². The summed E-state index contributed by atoms with van der Waals surface area (Å²) in [5.74, 6) is -1.04. The van der Waals surface area contributed by atoms with E-state index < -0.39 is 10.9 Å². The van der Waals surface area contributed by atoms with E-state index in [9.17, 15) is 14.9 Å². The van der Waals surface area contributed by atoms with E-state index in [0.717, 1.165) is 12.4 Å². The average Bonchev–Trinajstić information content (AvgIpc) is 2.17. The predicted octanol–water partition coefficient (Wildman–Crippen LogP) is 1.54. The van der Waals surface area contributed by atoms with E-state index in [4.69, 9.17) is 5.11 Å². The minimum Gasteiger partial charge on any atom is -0.478 e. The molecule has 2 N–H and O–H groups in total. The molecule has 0 aliphatic rings. The van der Waals surface area contributed by atoms with Gasteiger partial charge in [0, 0.05) is 5.69 Å². The van der Waals surface area contributed by atoms with Gasteiger partial charge in [-0.05, 0) is 18.2 Å². The number of hydrogen-bond donors (Lipinski definition) is 2. The zero-order valence-corrected chi connectivity index (χ0v) is 7.58. The van der Waals surface area contributed by atoms with Crippen molar-refractivity contribution in [2.75, 3.05) is 5.32 Å². The maximum atomic E-state index is 10.6. The van der Waals surface area contributed by atoms with E-state index in [1.54, 1.807) is 12.1 Å². The van der Waals surface area contributed by atoms with Crippen LogP contribution in [0, 0.1) is 10.1 Å². The van der Waals surface area contributed by atoms with Crippen molar-refractivity contribution in [1.29, 1.82) is 0 Å². The largest absolute Gasteiger partial charge is 0.478 e. The van der Waals surface area contributed by atoms with Gasteiger partial charge in [0.05, 0.1) is 16.7 Å². The number of carbonyl (C=O) groups is 1. The zero-order chi connectivity index (χ0) is 11.3. The molecule has 0 radical (unpaired) electrons. The van der Waals surface area contributed by atoms with E-state index in [2.05, 4.69) is 5.32 Å². The Morgan fingerprint density at radius 1 is 1.53 bits per heavy atom. The van der Waals surface area contributed by atoms with E-state index in [-0.39, 0.29) is 5.56 Å². The highest BCUT2D eigenvalue weighted by Gasteiger charge is 2.01. The number of carboxylic acids is 1. The fourth-order valence-corrected chi connectivity index (χ4v) is 0.936. The van der Waals surface area contributed by atoms with Gasteiger partial charge in [-0.3, -0.25) is 10.1 Å². The molecule has 0 saturated heterocycles. The summed E-state index contributed by atoms with van der Waals surface area (Å²) in [4.78, 5) is 19.9.